The second-order valence-corrected chi connectivity index (χ2v) is 7.12. The molecule has 0 aliphatic heterocycles. The lowest BCUT2D eigenvalue weighted by molar-refractivity contribution is 0.798. The Hall–Kier alpha value is -3.02. The van der Waals surface area contributed by atoms with Gasteiger partial charge in [0.15, 0.2) is 5.96 Å². The van der Waals surface area contributed by atoms with Crippen LogP contribution in [0.5, 0.6) is 0 Å². The molecule has 3 N–H and O–H groups in total. The van der Waals surface area contributed by atoms with Crippen LogP contribution in [0.4, 0.5) is 5.82 Å². The quantitative estimate of drug-likeness (QED) is 0.436. The fourth-order valence-electron chi connectivity index (χ4n) is 3.13. The molecule has 0 radical (unpaired) electrons. The molecule has 0 unspecified atom stereocenters. The van der Waals surface area contributed by atoms with E-state index in [1.54, 1.807) is 0 Å². The maximum Gasteiger partial charge on any atom is 0.191 e. The van der Waals surface area contributed by atoms with Gasteiger partial charge in [-0.15, -0.1) is 0 Å². The Morgan fingerprint density at radius 2 is 2.04 bits per heavy atom. The number of pyridine rings is 1. The van der Waals surface area contributed by atoms with Gasteiger partial charge in [-0.25, -0.2) is 9.98 Å². The van der Waals surface area contributed by atoms with Crippen molar-refractivity contribution in [1.82, 2.24) is 20.6 Å². The third-order valence-electron chi connectivity index (χ3n) is 4.60. The molecule has 0 atom stereocenters. The summed E-state index contributed by atoms with van der Waals surface area (Å²) in [4.78, 5) is 14.7. The van der Waals surface area contributed by atoms with Crippen LogP contribution in [0.3, 0.4) is 0 Å². The molecule has 0 aliphatic rings. The molecule has 28 heavy (non-hydrogen) atoms. The van der Waals surface area contributed by atoms with Crippen LogP contribution in [0.1, 0.15) is 23.7 Å². The molecule has 0 saturated carbocycles. The third-order valence-corrected chi connectivity index (χ3v) is 4.60. The summed E-state index contributed by atoms with van der Waals surface area (Å²) in [5, 5.41) is 8.03. The van der Waals surface area contributed by atoms with Crippen molar-refractivity contribution in [2.45, 2.75) is 26.8 Å². The van der Waals surface area contributed by atoms with Gasteiger partial charge in [-0.1, -0.05) is 18.2 Å². The number of H-pyrrole nitrogens is 1. The zero-order chi connectivity index (χ0) is 19.9. The van der Waals surface area contributed by atoms with Crippen LogP contribution in [0.2, 0.25) is 0 Å². The molecule has 3 rings (SSSR count). The average molecular weight is 379 g/mol. The summed E-state index contributed by atoms with van der Waals surface area (Å²) in [7, 11) is 3.99. The number of fused-ring (bicyclic) bond motifs is 1. The van der Waals surface area contributed by atoms with Gasteiger partial charge in [0.1, 0.15) is 5.82 Å². The normalized spacial score (nSPS) is 11.6. The molecular formula is C22H30N6. The number of aryl methyl sites for hydroxylation is 1. The summed E-state index contributed by atoms with van der Waals surface area (Å²) < 4.78 is 0. The van der Waals surface area contributed by atoms with Crippen molar-refractivity contribution >= 4 is 22.7 Å². The van der Waals surface area contributed by atoms with Crippen molar-refractivity contribution in [3.63, 3.8) is 0 Å². The summed E-state index contributed by atoms with van der Waals surface area (Å²) in [5.74, 6) is 1.76. The molecule has 2 aromatic heterocycles. The summed E-state index contributed by atoms with van der Waals surface area (Å²) >= 11 is 0. The fourth-order valence-corrected chi connectivity index (χ4v) is 3.13. The molecule has 1 aromatic carbocycles. The number of hydrogen-bond donors (Lipinski definition) is 3. The average Bonchev–Trinajstić information content (AvgIpc) is 3.08. The summed E-state index contributed by atoms with van der Waals surface area (Å²) in [6.45, 7) is 6.37. The molecule has 0 fully saturated rings. The summed E-state index contributed by atoms with van der Waals surface area (Å²) in [6.07, 6.45) is 3.04. The maximum atomic E-state index is 4.68. The van der Waals surface area contributed by atoms with E-state index >= 15 is 0 Å². The molecule has 3 aromatic rings. The topological polar surface area (TPSA) is 68.3 Å². The van der Waals surface area contributed by atoms with Gasteiger partial charge in [0, 0.05) is 44.3 Å². The minimum absolute atomic E-state index is 0.545. The predicted molar refractivity (Wildman–Crippen MR) is 118 cm³/mol. The van der Waals surface area contributed by atoms with Crippen LogP contribution in [0.25, 0.3) is 10.9 Å². The highest BCUT2D eigenvalue weighted by molar-refractivity contribution is 5.84. The SMILES string of the molecule is CCNC(=NCc1cccc(N(C)C)n1)NCCc1c[nH]c2cc(C)ccc12. The zero-order valence-electron chi connectivity index (χ0n) is 17.2. The van der Waals surface area contributed by atoms with Crippen LogP contribution >= 0.6 is 0 Å². The van der Waals surface area contributed by atoms with Crippen LogP contribution in [-0.4, -0.2) is 43.1 Å². The number of guanidine groups is 1. The molecular weight excluding hydrogens is 348 g/mol. The maximum absolute atomic E-state index is 4.68. The molecule has 0 bridgehead atoms. The number of aromatic amines is 1. The van der Waals surface area contributed by atoms with E-state index in [9.17, 15) is 0 Å². The first kappa shape index (κ1) is 19.7. The van der Waals surface area contributed by atoms with Gasteiger partial charge >= 0.3 is 0 Å². The number of benzene rings is 1. The fraction of sp³-hybridized carbons (Fsp3) is 0.364. The van der Waals surface area contributed by atoms with Gasteiger partial charge in [-0.05, 0) is 49.6 Å². The highest BCUT2D eigenvalue weighted by Gasteiger charge is 2.05. The van der Waals surface area contributed by atoms with E-state index in [4.69, 9.17) is 0 Å². The molecule has 6 nitrogen and oxygen atoms in total. The Balaban J connectivity index is 1.61. The standard InChI is InChI=1S/C22H30N6/c1-5-23-22(26-15-18-7-6-8-21(27-18)28(3)4)24-12-11-17-14-25-20-13-16(2)9-10-19(17)20/h6-10,13-14,25H,5,11-12,15H2,1-4H3,(H2,23,24,26). The first-order valence-electron chi connectivity index (χ1n) is 9.79. The zero-order valence-corrected chi connectivity index (χ0v) is 17.2. The Morgan fingerprint density at radius 1 is 1.18 bits per heavy atom. The van der Waals surface area contributed by atoms with Gasteiger partial charge in [-0.2, -0.15) is 0 Å². The van der Waals surface area contributed by atoms with E-state index in [0.717, 1.165) is 37.0 Å². The Morgan fingerprint density at radius 3 is 2.82 bits per heavy atom. The van der Waals surface area contributed by atoms with E-state index in [0.29, 0.717) is 6.54 Å². The van der Waals surface area contributed by atoms with Crippen molar-refractivity contribution in [3.8, 4) is 0 Å². The Labute approximate surface area is 167 Å². The van der Waals surface area contributed by atoms with Crippen LogP contribution < -0.4 is 15.5 Å². The van der Waals surface area contributed by atoms with Crippen molar-refractivity contribution < 1.29 is 0 Å². The molecule has 0 spiro atoms. The third kappa shape index (κ3) is 5.03. The largest absolute Gasteiger partial charge is 0.363 e. The lowest BCUT2D eigenvalue weighted by Gasteiger charge is -2.13. The predicted octanol–water partition coefficient (Wildman–Crippen LogP) is 3.24. The van der Waals surface area contributed by atoms with Crippen molar-refractivity contribution in [2.24, 2.45) is 4.99 Å². The van der Waals surface area contributed by atoms with E-state index in [1.165, 1.54) is 22.0 Å². The molecule has 148 valence electrons. The van der Waals surface area contributed by atoms with Crippen molar-refractivity contribution in [2.75, 3.05) is 32.1 Å². The number of nitrogens with one attached hydrogen (secondary N) is 3. The smallest absolute Gasteiger partial charge is 0.191 e. The lowest BCUT2D eigenvalue weighted by Crippen LogP contribution is -2.38. The molecule has 6 heteroatoms. The number of hydrogen-bond acceptors (Lipinski definition) is 3. The summed E-state index contributed by atoms with van der Waals surface area (Å²) in [5.41, 5.74) is 4.74. The highest BCUT2D eigenvalue weighted by atomic mass is 15.2. The lowest BCUT2D eigenvalue weighted by atomic mass is 10.1. The number of anilines is 1. The summed E-state index contributed by atoms with van der Waals surface area (Å²) in [6, 6.07) is 12.6. The Bertz CT molecular complexity index is 941. The van der Waals surface area contributed by atoms with Gasteiger partial charge < -0.3 is 20.5 Å². The highest BCUT2D eigenvalue weighted by Crippen LogP contribution is 2.19. The van der Waals surface area contributed by atoms with E-state index in [1.807, 2.05) is 37.2 Å². The second-order valence-electron chi connectivity index (χ2n) is 7.12. The van der Waals surface area contributed by atoms with Gasteiger partial charge in [-0.3, -0.25) is 0 Å². The van der Waals surface area contributed by atoms with Crippen LogP contribution in [-0.2, 0) is 13.0 Å². The number of aliphatic imine (C=N–C) groups is 1. The number of aromatic nitrogens is 2. The van der Waals surface area contributed by atoms with E-state index in [-0.39, 0.29) is 0 Å². The first-order valence-corrected chi connectivity index (χ1v) is 9.79. The van der Waals surface area contributed by atoms with Crippen molar-refractivity contribution in [1.29, 1.82) is 0 Å². The van der Waals surface area contributed by atoms with E-state index in [2.05, 4.69) is 63.8 Å². The first-order chi connectivity index (χ1) is 13.6. The van der Waals surface area contributed by atoms with Crippen LogP contribution in [0.15, 0.2) is 47.6 Å². The van der Waals surface area contributed by atoms with Crippen LogP contribution in [0, 0.1) is 6.92 Å². The molecule has 2 heterocycles. The minimum Gasteiger partial charge on any atom is -0.363 e. The minimum atomic E-state index is 0.545. The number of nitrogens with zero attached hydrogens (tertiary/aromatic N) is 3. The monoisotopic (exact) mass is 378 g/mol. The molecule has 0 amide bonds. The van der Waals surface area contributed by atoms with E-state index < -0.39 is 0 Å². The number of rotatable bonds is 7. The second kappa shape index (κ2) is 9.26. The van der Waals surface area contributed by atoms with Gasteiger partial charge in [0.2, 0.25) is 0 Å². The van der Waals surface area contributed by atoms with Gasteiger partial charge in [0.05, 0.1) is 12.2 Å². The van der Waals surface area contributed by atoms with Gasteiger partial charge in [0.25, 0.3) is 0 Å². The molecule has 0 saturated heterocycles. The van der Waals surface area contributed by atoms with Crippen molar-refractivity contribution in [3.05, 3.63) is 59.4 Å². The molecule has 0 aliphatic carbocycles. The Kier molecular flexibility index (Phi) is 6.53.